The molecular weight excluding hydrogens is 721 g/mol. The first-order chi connectivity index (χ1) is 26.6. The van der Waals surface area contributed by atoms with Crippen molar-refractivity contribution in [3.8, 4) is 0 Å². The van der Waals surface area contributed by atoms with Crippen LogP contribution in [-0.2, 0) is 37.5 Å². The molecule has 0 radical (unpaired) electrons. The SMILES string of the molecule is CCCC/C=C/C/C=C/CCCCCCCC(=O)OC[C@H](COP(=O)(O)OC[C@H](N)C(=O)O)OC(=O)CCC/C=C/C/C=C/CCCCCCCCCCC. The molecule has 55 heavy (non-hydrogen) atoms. The van der Waals surface area contributed by atoms with Crippen LogP contribution in [0.3, 0.4) is 0 Å². The van der Waals surface area contributed by atoms with Crippen LogP contribution >= 0.6 is 7.82 Å². The van der Waals surface area contributed by atoms with E-state index in [-0.39, 0.29) is 19.4 Å². The van der Waals surface area contributed by atoms with Gasteiger partial charge in [0.15, 0.2) is 6.10 Å². The van der Waals surface area contributed by atoms with Crippen LogP contribution in [0.1, 0.15) is 174 Å². The Labute approximate surface area is 333 Å². The smallest absolute Gasteiger partial charge is 0.472 e. The van der Waals surface area contributed by atoms with Gasteiger partial charge in [0.2, 0.25) is 0 Å². The van der Waals surface area contributed by atoms with E-state index in [1.807, 2.05) is 6.08 Å². The monoisotopic (exact) mass is 798 g/mol. The van der Waals surface area contributed by atoms with Crippen molar-refractivity contribution < 1.29 is 47.5 Å². The molecule has 0 rings (SSSR count). The highest BCUT2D eigenvalue weighted by Crippen LogP contribution is 2.43. The summed E-state index contributed by atoms with van der Waals surface area (Å²) in [5.41, 5.74) is 5.32. The highest BCUT2D eigenvalue weighted by molar-refractivity contribution is 7.47. The molecule has 0 aromatic rings. The number of allylic oxidation sites excluding steroid dienone is 8. The maximum atomic E-state index is 12.6. The molecule has 3 atom stereocenters. The fourth-order valence-electron chi connectivity index (χ4n) is 5.41. The molecule has 12 heteroatoms. The van der Waals surface area contributed by atoms with Crippen LogP contribution < -0.4 is 5.73 Å². The second-order valence-corrected chi connectivity index (χ2v) is 15.6. The van der Waals surface area contributed by atoms with E-state index in [2.05, 4.69) is 60.9 Å². The number of hydrogen-bond donors (Lipinski definition) is 3. The van der Waals surface area contributed by atoms with E-state index < -0.39 is 51.1 Å². The van der Waals surface area contributed by atoms with E-state index >= 15 is 0 Å². The second-order valence-electron chi connectivity index (χ2n) is 14.1. The standard InChI is InChI=1S/C43H76NO10P/c1-3-5-7-9-11-13-15-17-19-20-21-23-25-27-29-31-33-35-42(46)54-39(37-52-55(49,50)53-38-40(44)43(47)48)36-51-41(45)34-32-30-28-26-24-22-18-16-14-12-10-8-6-4-2/h10,12,16,18,21,23,27,29,39-40H,3-9,11,13-15,17,19-20,22,24-26,28,30-38,44H2,1-2H3,(H,47,48)(H,49,50)/b12-10+,18-16+,23-21+,29-27+/t39-,40+/m1/s1. The van der Waals surface area contributed by atoms with Gasteiger partial charge in [0.05, 0.1) is 13.2 Å². The van der Waals surface area contributed by atoms with Gasteiger partial charge >= 0.3 is 25.7 Å². The van der Waals surface area contributed by atoms with E-state index in [1.165, 1.54) is 70.6 Å². The molecule has 0 fully saturated rings. The number of nitrogens with two attached hydrogens (primary N) is 1. The van der Waals surface area contributed by atoms with Crippen molar-refractivity contribution in [2.75, 3.05) is 19.8 Å². The zero-order chi connectivity index (χ0) is 40.7. The van der Waals surface area contributed by atoms with Gasteiger partial charge in [-0.15, -0.1) is 0 Å². The van der Waals surface area contributed by atoms with Gasteiger partial charge in [-0.05, 0) is 64.2 Å². The highest BCUT2D eigenvalue weighted by atomic mass is 31.2. The lowest BCUT2D eigenvalue weighted by atomic mass is 10.1. The van der Waals surface area contributed by atoms with Crippen LogP contribution in [0.2, 0.25) is 0 Å². The Bertz CT molecular complexity index is 1120. The summed E-state index contributed by atoms with van der Waals surface area (Å²) < 4.78 is 32.6. The fraction of sp³-hybridized carbons (Fsp3) is 0.744. The summed E-state index contributed by atoms with van der Waals surface area (Å²) >= 11 is 0. The van der Waals surface area contributed by atoms with Crippen LogP contribution in [0.4, 0.5) is 0 Å². The number of esters is 2. The normalized spacial score (nSPS) is 14.3. The summed E-state index contributed by atoms with van der Waals surface area (Å²) in [6, 6.07) is -1.53. The van der Waals surface area contributed by atoms with Gasteiger partial charge in [-0.2, -0.15) is 0 Å². The predicted molar refractivity (Wildman–Crippen MR) is 222 cm³/mol. The van der Waals surface area contributed by atoms with E-state index in [4.69, 9.17) is 24.8 Å². The molecule has 0 aromatic heterocycles. The molecule has 0 spiro atoms. The van der Waals surface area contributed by atoms with Crippen molar-refractivity contribution in [3.63, 3.8) is 0 Å². The average Bonchev–Trinajstić information content (AvgIpc) is 3.16. The minimum atomic E-state index is -4.73. The van der Waals surface area contributed by atoms with Gasteiger partial charge in [0.1, 0.15) is 12.6 Å². The minimum Gasteiger partial charge on any atom is -0.480 e. The Hall–Kier alpha value is -2.56. The Kier molecular flexibility index (Phi) is 36.5. The van der Waals surface area contributed by atoms with Gasteiger partial charge < -0.3 is 25.2 Å². The number of carboxylic acid groups (broad SMARTS) is 1. The highest BCUT2D eigenvalue weighted by Gasteiger charge is 2.28. The first kappa shape index (κ1) is 52.4. The Morgan fingerprint density at radius 1 is 0.564 bits per heavy atom. The quantitative estimate of drug-likeness (QED) is 0.0234. The first-order valence-corrected chi connectivity index (χ1v) is 22.7. The first-order valence-electron chi connectivity index (χ1n) is 21.2. The van der Waals surface area contributed by atoms with Crippen LogP contribution in [0, 0.1) is 0 Å². The Morgan fingerprint density at radius 3 is 1.53 bits per heavy atom. The number of phosphoric acid groups is 1. The summed E-state index contributed by atoms with van der Waals surface area (Å²) in [6.07, 6.45) is 41.9. The Morgan fingerprint density at radius 2 is 1.00 bits per heavy atom. The molecule has 0 aliphatic carbocycles. The van der Waals surface area contributed by atoms with Crippen molar-refractivity contribution in [1.82, 2.24) is 0 Å². The van der Waals surface area contributed by atoms with Crippen LogP contribution in [0.15, 0.2) is 48.6 Å². The van der Waals surface area contributed by atoms with Crippen LogP contribution in [0.5, 0.6) is 0 Å². The molecule has 0 bridgehead atoms. The molecule has 0 saturated carbocycles. The van der Waals surface area contributed by atoms with E-state index in [0.717, 1.165) is 57.8 Å². The number of rotatable bonds is 39. The van der Waals surface area contributed by atoms with Gasteiger partial charge in [0, 0.05) is 12.8 Å². The molecule has 1 unspecified atom stereocenters. The largest absolute Gasteiger partial charge is 0.480 e. The Balaban J connectivity index is 4.47. The molecule has 0 aliphatic heterocycles. The molecule has 0 saturated heterocycles. The average molecular weight is 798 g/mol. The summed E-state index contributed by atoms with van der Waals surface area (Å²) in [7, 11) is -4.73. The molecule has 0 amide bonds. The van der Waals surface area contributed by atoms with Crippen molar-refractivity contribution >= 4 is 25.7 Å². The van der Waals surface area contributed by atoms with Gasteiger partial charge in [-0.25, -0.2) is 4.57 Å². The molecule has 4 N–H and O–H groups in total. The molecule has 11 nitrogen and oxygen atoms in total. The van der Waals surface area contributed by atoms with Gasteiger partial charge in [-0.1, -0.05) is 146 Å². The third kappa shape index (κ3) is 38.1. The lowest BCUT2D eigenvalue weighted by Gasteiger charge is -2.20. The van der Waals surface area contributed by atoms with E-state index in [0.29, 0.717) is 19.3 Å². The number of hydrogen-bond acceptors (Lipinski definition) is 9. The number of carbonyl (C=O) groups is 3. The van der Waals surface area contributed by atoms with Crippen LogP contribution in [-0.4, -0.2) is 59.9 Å². The maximum Gasteiger partial charge on any atom is 0.472 e. The predicted octanol–water partition coefficient (Wildman–Crippen LogP) is 11.0. The third-order valence-electron chi connectivity index (χ3n) is 8.80. The van der Waals surface area contributed by atoms with E-state index in [1.54, 1.807) is 0 Å². The maximum absolute atomic E-state index is 12.6. The van der Waals surface area contributed by atoms with E-state index in [9.17, 15) is 23.8 Å². The van der Waals surface area contributed by atoms with Crippen LogP contribution in [0.25, 0.3) is 0 Å². The number of aliphatic carboxylic acids is 1. The lowest BCUT2D eigenvalue weighted by Crippen LogP contribution is -2.34. The number of unbranched alkanes of at least 4 members (excludes halogenated alkanes) is 17. The number of phosphoric ester groups is 1. The molecule has 318 valence electrons. The van der Waals surface area contributed by atoms with Crippen molar-refractivity contribution in [3.05, 3.63) is 48.6 Å². The summed E-state index contributed by atoms with van der Waals surface area (Å²) in [5.74, 6) is -2.46. The van der Waals surface area contributed by atoms with Crippen molar-refractivity contribution in [1.29, 1.82) is 0 Å². The lowest BCUT2D eigenvalue weighted by molar-refractivity contribution is -0.161. The minimum absolute atomic E-state index is 0.0931. The van der Waals surface area contributed by atoms with Gasteiger partial charge in [-0.3, -0.25) is 23.4 Å². The summed E-state index contributed by atoms with van der Waals surface area (Å²) in [5, 5.41) is 8.88. The van der Waals surface area contributed by atoms with Crippen molar-refractivity contribution in [2.45, 2.75) is 187 Å². The van der Waals surface area contributed by atoms with Crippen molar-refractivity contribution in [2.24, 2.45) is 5.73 Å². The molecule has 0 aliphatic rings. The number of carboxylic acids is 1. The number of carbonyl (C=O) groups excluding carboxylic acids is 2. The third-order valence-corrected chi connectivity index (χ3v) is 9.75. The second kappa shape index (κ2) is 38.3. The zero-order valence-electron chi connectivity index (χ0n) is 34.3. The number of ether oxygens (including phenoxy) is 2. The topological polar surface area (TPSA) is 172 Å². The van der Waals surface area contributed by atoms with Gasteiger partial charge in [0.25, 0.3) is 0 Å². The zero-order valence-corrected chi connectivity index (χ0v) is 35.2. The summed E-state index contributed by atoms with van der Waals surface area (Å²) in [4.78, 5) is 45.9. The molecule has 0 aromatic carbocycles. The molecular formula is C43H76NO10P. The summed E-state index contributed by atoms with van der Waals surface area (Å²) in [6.45, 7) is 2.70. The fourth-order valence-corrected chi connectivity index (χ4v) is 6.19. The molecule has 0 heterocycles.